The number of nitrogens with one attached hydrogen (secondary N) is 2. The minimum atomic E-state index is -0.343. The van der Waals surface area contributed by atoms with Gasteiger partial charge in [-0.2, -0.15) is 0 Å². The van der Waals surface area contributed by atoms with E-state index in [2.05, 4.69) is 24.5 Å². The van der Waals surface area contributed by atoms with Crippen molar-refractivity contribution in [1.82, 2.24) is 10.6 Å². The van der Waals surface area contributed by atoms with Crippen molar-refractivity contribution in [3.8, 4) is 11.5 Å². The normalized spacial score (nSPS) is 13.8. The molecule has 0 radical (unpaired) electrons. The number of ether oxygens (including phenoxy) is 1. The van der Waals surface area contributed by atoms with Gasteiger partial charge in [-0.05, 0) is 38.0 Å². The molecule has 3 N–H and O–H groups in total. The Bertz CT molecular complexity index is 475. The number of amides is 1. The van der Waals surface area contributed by atoms with E-state index in [9.17, 15) is 9.90 Å². The molecule has 1 amide bonds. The molecule has 21 heavy (non-hydrogen) atoms. The zero-order chi connectivity index (χ0) is 16.0. The second-order valence-electron chi connectivity index (χ2n) is 5.67. The van der Waals surface area contributed by atoms with Crippen LogP contribution >= 0.6 is 0 Å². The molecule has 0 saturated carbocycles. The van der Waals surface area contributed by atoms with Crippen molar-refractivity contribution in [3.05, 3.63) is 23.8 Å². The van der Waals surface area contributed by atoms with Crippen LogP contribution in [-0.2, 0) is 4.79 Å². The number of methoxy groups -OCH3 is 1. The van der Waals surface area contributed by atoms with Crippen molar-refractivity contribution >= 4 is 5.91 Å². The molecule has 0 aliphatic heterocycles. The number of phenolic OH excluding ortho intramolecular Hbond substituents is 1. The van der Waals surface area contributed by atoms with Crippen LogP contribution in [0.2, 0.25) is 0 Å². The predicted molar refractivity (Wildman–Crippen MR) is 83.5 cm³/mol. The third-order valence-corrected chi connectivity index (χ3v) is 3.28. The Morgan fingerprint density at radius 3 is 2.52 bits per heavy atom. The summed E-state index contributed by atoms with van der Waals surface area (Å²) in [6, 6.07) is 4.55. The van der Waals surface area contributed by atoms with Gasteiger partial charge in [0.15, 0.2) is 0 Å². The summed E-state index contributed by atoms with van der Waals surface area (Å²) in [7, 11) is 1.58. The molecule has 0 heterocycles. The van der Waals surface area contributed by atoms with Crippen molar-refractivity contribution in [3.63, 3.8) is 0 Å². The van der Waals surface area contributed by atoms with Crippen molar-refractivity contribution in [2.45, 2.75) is 39.8 Å². The summed E-state index contributed by atoms with van der Waals surface area (Å²) < 4.78 is 5.16. The number of carbonyl (C=O) groups excluding carboxylic acids is 1. The van der Waals surface area contributed by atoms with Crippen molar-refractivity contribution < 1.29 is 14.6 Å². The molecular weight excluding hydrogens is 268 g/mol. The third-order valence-electron chi connectivity index (χ3n) is 3.28. The van der Waals surface area contributed by atoms with Crippen LogP contribution in [0.5, 0.6) is 11.5 Å². The van der Waals surface area contributed by atoms with Gasteiger partial charge < -0.3 is 15.2 Å². The fourth-order valence-corrected chi connectivity index (χ4v) is 2.00. The topological polar surface area (TPSA) is 70.6 Å². The molecule has 0 fully saturated rings. The Balaban J connectivity index is 2.67. The molecule has 0 aromatic heterocycles. The molecule has 0 bridgehead atoms. The van der Waals surface area contributed by atoms with E-state index >= 15 is 0 Å². The van der Waals surface area contributed by atoms with Crippen LogP contribution in [0.25, 0.3) is 0 Å². The number of hydrogen-bond donors (Lipinski definition) is 3. The maximum absolute atomic E-state index is 12.0. The van der Waals surface area contributed by atoms with E-state index in [1.54, 1.807) is 25.3 Å². The first-order chi connectivity index (χ1) is 9.85. The molecule has 2 atom stereocenters. The monoisotopic (exact) mass is 294 g/mol. The number of aromatic hydroxyl groups is 1. The molecule has 0 aliphatic rings. The van der Waals surface area contributed by atoms with Gasteiger partial charge in [0.1, 0.15) is 11.5 Å². The van der Waals surface area contributed by atoms with Gasteiger partial charge in [-0.15, -0.1) is 0 Å². The number of carbonyl (C=O) groups is 1. The molecular formula is C16H26N2O3. The molecule has 0 saturated heterocycles. The minimum Gasteiger partial charge on any atom is -0.508 e. The first kappa shape index (κ1) is 17.3. The number of benzene rings is 1. The Hall–Kier alpha value is -1.75. The number of phenols is 1. The largest absolute Gasteiger partial charge is 0.508 e. The third kappa shape index (κ3) is 5.27. The van der Waals surface area contributed by atoms with Crippen LogP contribution in [0.3, 0.4) is 0 Å². The van der Waals surface area contributed by atoms with Crippen LogP contribution in [-0.4, -0.2) is 30.7 Å². The highest BCUT2D eigenvalue weighted by Gasteiger charge is 2.18. The molecule has 5 nitrogen and oxygen atoms in total. The summed E-state index contributed by atoms with van der Waals surface area (Å²) in [6.07, 6.45) is 0. The van der Waals surface area contributed by atoms with E-state index in [0.717, 1.165) is 0 Å². The molecule has 1 aromatic carbocycles. The van der Waals surface area contributed by atoms with Crippen molar-refractivity contribution in [1.29, 1.82) is 0 Å². The fraction of sp³-hybridized carbons (Fsp3) is 0.562. The van der Waals surface area contributed by atoms with Crippen molar-refractivity contribution in [2.75, 3.05) is 13.7 Å². The van der Waals surface area contributed by atoms with E-state index in [0.29, 0.717) is 23.8 Å². The quantitative estimate of drug-likeness (QED) is 0.721. The summed E-state index contributed by atoms with van der Waals surface area (Å²) in [5, 5.41) is 16.0. The van der Waals surface area contributed by atoms with Crippen LogP contribution in [0, 0.1) is 5.92 Å². The van der Waals surface area contributed by atoms with Gasteiger partial charge in [0.05, 0.1) is 13.2 Å². The molecule has 0 aliphatic carbocycles. The van der Waals surface area contributed by atoms with Crippen LogP contribution in [0.15, 0.2) is 18.2 Å². The molecule has 5 heteroatoms. The Morgan fingerprint density at radius 2 is 1.95 bits per heavy atom. The highest BCUT2D eigenvalue weighted by atomic mass is 16.5. The first-order valence-corrected chi connectivity index (χ1v) is 7.25. The second kappa shape index (κ2) is 7.88. The Morgan fingerprint density at radius 1 is 1.29 bits per heavy atom. The second-order valence-corrected chi connectivity index (χ2v) is 5.67. The molecule has 0 spiro atoms. The summed E-state index contributed by atoms with van der Waals surface area (Å²) in [6.45, 7) is 8.47. The van der Waals surface area contributed by atoms with E-state index in [4.69, 9.17) is 4.74 Å². The summed E-state index contributed by atoms with van der Waals surface area (Å²) in [5.41, 5.74) is 0.706. The van der Waals surface area contributed by atoms with Gasteiger partial charge in [-0.3, -0.25) is 10.1 Å². The van der Waals surface area contributed by atoms with Crippen LogP contribution in [0.4, 0.5) is 0 Å². The lowest BCUT2D eigenvalue weighted by Gasteiger charge is -2.21. The Labute approximate surface area is 126 Å². The number of rotatable bonds is 7. The minimum absolute atomic E-state index is 0.0436. The van der Waals surface area contributed by atoms with E-state index in [1.165, 1.54) is 0 Å². The fourth-order valence-electron chi connectivity index (χ4n) is 2.00. The van der Waals surface area contributed by atoms with Gasteiger partial charge in [0.2, 0.25) is 5.91 Å². The molecule has 1 aromatic rings. The van der Waals surface area contributed by atoms with E-state index in [1.807, 2.05) is 13.8 Å². The SMILES string of the molecule is COc1ccc(O)c(C(C)NC(C)C(=O)NCC(C)C)c1. The van der Waals surface area contributed by atoms with E-state index < -0.39 is 0 Å². The molecule has 2 unspecified atom stereocenters. The van der Waals surface area contributed by atoms with Crippen LogP contribution < -0.4 is 15.4 Å². The van der Waals surface area contributed by atoms with Gasteiger partial charge >= 0.3 is 0 Å². The highest BCUT2D eigenvalue weighted by molar-refractivity contribution is 5.81. The summed E-state index contributed by atoms with van der Waals surface area (Å²) in [5.74, 6) is 1.23. The Kier molecular flexibility index (Phi) is 6.49. The van der Waals surface area contributed by atoms with Gasteiger partial charge in [-0.25, -0.2) is 0 Å². The lowest BCUT2D eigenvalue weighted by molar-refractivity contribution is -0.123. The highest BCUT2D eigenvalue weighted by Crippen LogP contribution is 2.28. The lowest BCUT2D eigenvalue weighted by atomic mass is 10.1. The summed E-state index contributed by atoms with van der Waals surface area (Å²) in [4.78, 5) is 12.0. The zero-order valence-electron chi connectivity index (χ0n) is 13.4. The van der Waals surface area contributed by atoms with E-state index in [-0.39, 0.29) is 23.7 Å². The first-order valence-electron chi connectivity index (χ1n) is 7.25. The maximum Gasteiger partial charge on any atom is 0.236 e. The predicted octanol–water partition coefficient (Wildman–Crippen LogP) is 2.21. The number of hydrogen-bond acceptors (Lipinski definition) is 4. The van der Waals surface area contributed by atoms with Gasteiger partial charge in [0.25, 0.3) is 0 Å². The standard InChI is InChI=1S/C16H26N2O3/c1-10(2)9-17-16(20)12(4)18-11(3)14-8-13(21-5)6-7-15(14)19/h6-8,10-12,18-19H,9H2,1-5H3,(H,17,20). The molecule has 118 valence electrons. The molecule has 1 rings (SSSR count). The van der Waals surface area contributed by atoms with Gasteiger partial charge in [-0.1, -0.05) is 13.8 Å². The zero-order valence-corrected chi connectivity index (χ0v) is 13.4. The lowest BCUT2D eigenvalue weighted by Crippen LogP contribution is -2.44. The summed E-state index contributed by atoms with van der Waals surface area (Å²) >= 11 is 0. The smallest absolute Gasteiger partial charge is 0.236 e. The average molecular weight is 294 g/mol. The van der Waals surface area contributed by atoms with Crippen molar-refractivity contribution in [2.24, 2.45) is 5.92 Å². The maximum atomic E-state index is 12.0. The van der Waals surface area contributed by atoms with Crippen LogP contribution in [0.1, 0.15) is 39.3 Å². The average Bonchev–Trinajstić information content (AvgIpc) is 2.44. The van der Waals surface area contributed by atoms with Gasteiger partial charge in [0, 0.05) is 18.2 Å².